The SMILES string of the molecule is O=C(c1ccc(F)c(F)c1F)N1CCCC1CCl. The van der Waals surface area contributed by atoms with Gasteiger partial charge in [0.2, 0.25) is 0 Å². The minimum absolute atomic E-state index is 0.174. The third-order valence-electron chi connectivity index (χ3n) is 3.08. The largest absolute Gasteiger partial charge is 0.334 e. The average Bonchev–Trinajstić information content (AvgIpc) is 2.83. The van der Waals surface area contributed by atoms with Crippen LogP contribution in [0.4, 0.5) is 13.2 Å². The zero-order valence-electron chi connectivity index (χ0n) is 9.43. The lowest BCUT2D eigenvalue weighted by Crippen LogP contribution is -2.37. The highest BCUT2D eigenvalue weighted by molar-refractivity contribution is 6.18. The van der Waals surface area contributed by atoms with Gasteiger partial charge in [-0.2, -0.15) is 0 Å². The molecule has 0 saturated carbocycles. The van der Waals surface area contributed by atoms with Crippen LogP contribution < -0.4 is 0 Å². The first-order valence-electron chi connectivity index (χ1n) is 5.56. The number of carbonyl (C=O) groups excluding carboxylic acids is 1. The van der Waals surface area contributed by atoms with Crippen LogP contribution in [0.25, 0.3) is 0 Å². The lowest BCUT2D eigenvalue weighted by atomic mass is 10.1. The van der Waals surface area contributed by atoms with Crippen molar-refractivity contribution in [1.82, 2.24) is 4.90 Å². The molecule has 1 unspecified atom stereocenters. The predicted molar refractivity (Wildman–Crippen MR) is 61.1 cm³/mol. The summed E-state index contributed by atoms with van der Waals surface area (Å²) in [5, 5.41) is 0. The van der Waals surface area contributed by atoms with Gasteiger partial charge in [-0.3, -0.25) is 4.79 Å². The number of hydrogen-bond donors (Lipinski definition) is 0. The molecular formula is C12H11ClF3NO. The van der Waals surface area contributed by atoms with Crippen molar-refractivity contribution in [2.75, 3.05) is 12.4 Å². The van der Waals surface area contributed by atoms with E-state index in [2.05, 4.69) is 0 Å². The second kappa shape index (κ2) is 5.18. The number of hydrogen-bond acceptors (Lipinski definition) is 1. The molecule has 0 aliphatic carbocycles. The number of nitrogens with zero attached hydrogens (tertiary/aromatic N) is 1. The maximum absolute atomic E-state index is 13.5. The van der Waals surface area contributed by atoms with E-state index in [0.717, 1.165) is 25.0 Å². The first kappa shape index (κ1) is 13.2. The van der Waals surface area contributed by atoms with Crippen molar-refractivity contribution in [3.05, 3.63) is 35.1 Å². The molecule has 98 valence electrons. The Morgan fingerprint density at radius 3 is 2.72 bits per heavy atom. The van der Waals surface area contributed by atoms with Crippen molar-refractivity contribution < 1.29 is 18.0 Å². The number of halogens is 4. The molecule has 1 amide bonds. The maximum Gasteiger partial charge on any atom is 0.257 e. The van der Waals surface area contributed by atoms with Crippen LogP contribution >= 0.6 is 11.6 Å². The molecule has 0 aromatic heterocycles. The second-order valence-corrected chi connectivity index (χ2v) is 4.48. The summed E-state index contributed by atoms with van der Waals surface area (Å²) in [5.74, 6) is -4.77. The first-order valence-corrected chi connectivity index (χ1v) is 6.10. The van der Waals surface area contributed by atoms with E-state index in [0.29, 0.717) is 6.54 Å². The van der Waals surface area contributed by atoms with Crippen LogP contribution in [0, 0.1) is 17.5 Å². The van der Waals surface area contributed by atoms with E-state index in [9.17, 15) is 18.0 Å². The van der Waals surface area contributed by atoms with Gasteiger partial charge in [-0.25, -0.2) is 13.2 Å². The fourth-order valence-corrected chi connectivity index (χ4v) is 2.43. The number of benzene rings is 1. The van der Waals surface area contributed by atoms with Gasteiger partial charge in [0.25, 0.3) is 5.91 Å². The van der Waals surface area contributed by atoms with E-state index < -0.39 is 28.9 Å². The molecule has 2 rings (SSSR count). The summed E-state index contributed by atoms with van der Waals surface area (Å²) >= 11 is 5.71. The smallest absolute Gasteiger partial charge is 0.257 e. The summed E-state index contributed by atoms with van der Waals surface area (Å²) in [5.41, 5.74) is -0.453. The third-order valence-corrected chi connectivity index (χ3v) is 3.44. The minimum atomic E-state index is -1.62. The van der Waals surface area contributed by atoms with Crippen molar-refractivity contribution in [3.63, 3.8) is 0 Å². The van der Waals surface area contributed by atoms with Gasteiger partial charge in [-0.15, -0.1) is 11.6 Å². The molecular weight excluding hydrogens is 267 g/mol. The Bertz CT molecular complexity index is 481. The molecule has 1 saturated heterocycles. The fraction of sp³-hybridized carbons (Fsp3) is 0.417. The van der Waals surface area contributed by atoms with E-state index in [-0.39, 0.29) is 11.9 Å². The van der Waals surface area contributed by atoms with E-state index in [1.165, 1.54) is 4.90 Å². The molecule has 0 radical (unpaired) electrons. The Kier molecular flexibility index (Phi) is 3.80. The summed E-state index contributed by atoms with van der Waals surface area (Å²) in [6.07, 6.45) is 1.51. The first-order chi connectivity index (χ1) is 8.56. The van der Waals surface area contributed by atoms with Crippen LogP contribution in [0.2, 0.25) is 0 Å². The van der Waals surface area contributed by atoms with Crippen molar-refractivity contribution >= 4 is 17.5 Å². The lowest BCUT2D eigenvalue weighted by molar-refractivity contribution is 0.0743. The van der Waals surface area contributed by atoms with Gasteiger partial charge >= 0.3 is 0 Å². The Morgan fingerprint density at radius 1 is 1.33 bits per heavy atom. The number of rotatable bonds is 2. The van der Waals surface area contributed by atoms with Gasteiger partial charge in [0.1, 0.15) is 0 Å². The maximum atomic E-state index is 13.5. The van der Waals surface area contributed by atoms with Crippen LogP contribution in [0.3, 0.4) is 0 Å². The Hall–Kier alpha value is -1.23. The minimum Gasteiger partial charge on any atom is -0.334 e. The summed E-state index contributed by atoms with van der Waals surface area (Å²) in [6.45, 7) is 0.453. The third kappa shape index (κ3) is 2.19. The topological polar surface area (TPSA) is 20.3 Å². The van der Waals surface area contributed by atoms with Crippen molar-refractivity contribution in [2.45, 2.75) is 18.9 Å². The highest BCUT2D eigenvalue weighted by atomic mass is 35.5. The van der Waals surface area contributed by atoms with Crippen LogP contribution in [0.5, 0.6) is 0 Å². The van der Waals surface area contributed by atoms with Gasteiger partial charge in [0, 0.05) is 18.5 Å². The van der Waals surface area contributed by atoms with Crippen molar-refractivity contribution in [2.24, 2.45) is 0 Å². The van der Waals surface area contributed by atoms with E-state index in [1.807, 2.05) is 0 Å². The number of likely N-dealkylation sites (tertiary alicyclic amines) is 1. The van der Waals surface area contributed by atoms with Crippen LogP contribution in [-0.4, -0.2) is 29.3 Å². The summed E-state index contributed by atoms with van der Waals surface area (Å²) in [7, 11) is 0. The normalized spacial score (nSPS) is 19.3. The highest BCUT2D eigenvalue weighted by Crippen LogP contribution is 2.23. The van der Waals surface area contributed by atoms with Gasteiger partial charge in [-0.05, 0) is 25.0 Å². The van der Waals surface area contributed by atoms with Gasteiger partial charge < -0.3 is 4.90 Å². The zero-order valence-corrected chi connectivity index (χ0v) is 10.2. The Morgan fingerprint density at radius 2 is 2.06 bits per heavy atom. The summed E-state index contributed by atoms with van der Waals surface area (Å²) < 4.78 is 39.4. The van der Waals surface area contributed by atoms with Crippen LogP contribution in [-0.2, 0) is 0 Å². The standard InChI is InChI=1S/C12H11ClF3NO/c13-6-7-2-1-5-17(7)12(18)8-3-4-9(14)11(16)10(8)15/h3-4,7H,1-2,5-6H2. The zero-order chi connectivity index (χ0) is 13.3. The molecule has 0 N–H and O–H groups in total. The summed E-state index contributed by atoms with van der Waals surface area (Å²) in [4.78, 5) is 13.4. The fourth-order valence-electron chi connectivity index (χ4n) is 2.11. The van der Waals surface area contributed by atoms with Gasteiger partial charge in [-0.1, -0.05) is 0 Å². The van der Waals surface area contributed by atoms with Gasteiger partial charge in [0.15, 0.2) is 17.5 Å². The molecule has 1 aromatic rings. The second-order valence-electron chi connectivity index (χ2n) is 4.17. The Labute approximate surface area is 107 Å². The summed E-state index contributed by atoms with van der Waals surface area (Å²) in [6, 6.07) is 1.53. The molecule has 0 spiro atoms. The molecule has 6 heteroatoms. The molecule has 1 atom stereocenters. The molecule has 0 bridgehead atoms. The molecule has 1 aromatic carbocycles. The Balaban J connectivity index is 2.32. The number of amides is 1. The molecule has 1 aliphatic rings. The molecule has 1 fully saturated rings. The van der Waals surface area contributed by atoms with Crippen molar-refractivity contribution in [1.29, 1.82) is 0 Å². The lowest BCUT2D eigenvalue weighted by Gasteiger charge is -2.23. The van der Waals surface area contributed by atoms with Crippen molar-refractivity contribution in [3.8, 4) is 0 Å². The number of carbonyl (C=O) groups is 1. The van der Waals surface area contributed by atoms with Gasteiger partial charge in [0.05, 0.1) is 5.56 Å². The van der Waals surface area contributed by atoms with Crippen LogP contribution in [0.15, 0.2) is 12.1 Å². The van der Waals surface area contributed by atoms with Crippen LogP contribution in [0.1, 0.15) is 23.2 Å². The van der Waals surface area contributed by atoms with E-state index in [4.69, 9.17) is 11.6 Å². The molecule has 18 heavy (non-hydrogen) atoms. The van der Waals surface area contributed by atoms with E-state index in [1.54, 1.807) is 0 Å². The average molecular weight is 278 g/mol. The monoisotopic (exact) mass is 277 g/mol. The predicted octanol–water partition coefficient (Wildman–Crippen LogP) is 2.95. The highest BCUT2D eigenvalue weighted by Gasteiger charge is 2.31. The molecule has 2 nitrogen and oxygen atoms in total. The quantitative estimate of drug-likeness (QED) is 0.601. The van der Waals surface area contributed by atoms with E-state index >= 15 is 0 Å². The molecule has 1 heterocycles. The number of alkyl halides is 1. The molecule has 1 aliphatic heterocycles.